The Hall–Kier alpha value is -4.98. The van der Waals surface area contributed by atoms with Crippen molar-refractivity contribution in [3.05, 3.63) is 29.3 Å². The minimum Gasteiger partial charge on any atom is -0.480 e. The van der Waals surface area contributed by atoms with Crippen LogP contribution in [0.25, 0.3) is 0 Å². The van der Waals surface area contributed by atoms with Crippen LogP contribution in [0.1, 0.15) is 44.9 Å². The van der Waals surface area contributed by atoms with Crippen LogP contribution in [0.3, 0.4) is 0 Å². The zero-order valence-corrected chi connectivity index (χ0v) is 32.7. The lowest BCUT2D eigenvalue weighted by atomic mass is 10.1. The molecule has 0 saturated carbocycles. The number of rotatable bonds is 22. The van der Waals surface area contributed by atoms with E-state index in [4.69, 9.17) is 0 Å². The van der Waals surface area contributed by atoms with Gasteiger partial charge in [-0.3, -0.25) is 57.9 Å². The number of hydrogen-bond donors (Lipinski definition) is 6. The van der Waals surface area contributed by atoms with E-state index in [1.165, 1.54) is 19.6 Å². The number of hydrogen-bond acceptors (Lipinski definition) is 14. The van der Waals surface area contributed by atoms with E-state index in [0.717, 1.165) is 0 Å². The van der Waals surface area contributed by atoms with Crippen molar-refractivity contribution in [1.29, 1.82) is 0 Å². The molecule has 6 N–H and O–H groups in total. The average molecular weight is 873 g/mol. The van der Waals surface area contributed by atoms with Gasteiger partial charge in [-0.1, -0.05) is 0 Å². The number of halogens is 4. The summed E-state index contributed by atoms with van der Waals surface area (Å²) in [5.74, 6) is -17.1. The Balaban J connectivity index is 1.88. The number of esters is 1. The number of sulfonamides is 1. The van der Waals surface area contributed by atoms with E-state index in [0.29, 0.717) is 0 Å². The third-order valence-electron chi connectivity index (χ3n) is 8.82. The number of amides is 2. The standard InChI is InChI=1S/C34H48F4N6O14S/c35-22-18-23(36)32(38)33(31(22)37)58-30(53)5-2-1-4-25(45)39-8-3-17-59(56,57)40-26(46)7-6-24(34(54)55)44-15-13-42(20-28(49)50)11-9-41(19-27(47)48)10-12-43(14-16-44)21-29(51)52/h18,24H,1-17,19-21H2,(H,39,45)(H,40,46)(H,47,48)(H,49,50)(H,51,52)(H,54,55). The van der Waals surface area contributed by atoms with E-state index < -0.39 is 118 Å². The molecule has 1 aliphatic heterocycles. The fraction of sp³-hybridized carbons (Fsp3) is 0.618. The van der Waals surface area contributed by atoms with Crippen molar-refractivity contribution >= 4 is 51.7 Å². The third-order valence-corrected chi connectivity index (χ3v) is 10.2. The highest BCUT2D eigenvalue weighted by atomic mass is 32.2. The van der Waals surface area contributed by atoms with Crippen LogP contribution in [-0.4, -0.2) is 180 Å². The molecule has 0 aliphatic carbocycles. The number of carboxylic acids is 4. The number of benzene rings is 1. The number of nitrogens with one attached hydrogen (secondary N) is 2. The Morgan fingerprint density at radius 2 is 1.12 bits per heavy atom. The molecule has 2 rings (SSSR count). The van der Waals surface area contributed by atoms with Gasteiger partial charge in [0.15, 0.2) is 11.6 Å². The molecule has 0 aromatic heterocycles. The Bertz CT molecular complexity index is 1720. The SMILES string of the molecule is O=C(O)CN1CCN(CC(=O)O)CCN(C(CCC(=O)NS(=O)(=O)CCCNC(=O)CCCCC(=O)Oc2c(F)c(F)cc(F)c2F)C(=O)O)CCN(CC(=O)O)CC1. The van der Waals surface area contributed by atoms with E-state index in [2.05, 4.69) is 10.1 Å². The van der Waals surface area contributed by atoms with Crippen molar-refractivity contribution in [3.8, 4) is 5.75 Å². The van der Waals surface area contributed by atoms with Gasteiger partial charge in [-0.2, -0.15) is 8.78 Å². The fourth-order valence-corrected chi connectivity index (χ4v) is 6.93. The van der Waals surface area contributed by atoms with Crippen molar-refractivity contribution in [2.24, 2.45) is 0 Å². The summed E-state index contributed by atoms with van der Waals surface area (Å²) in [5.41, 5.74) is 0. The van der Waals surface area contributed by atoms with Crippen LogP contribution in [0.5, 0.6) is 5.75 Å². The number of carbonyl (C=O) groups excluding carboxylic acids is 3. The second-order valence-electron chi connectivity index (χ2n) is 13.5. The average Bonchev–Trinajstić information content (AvgIpc) is 3.12. The summed E-state index contributed by atoms with van der Waals surface area (Å²) in [4.78, 5) is 89.4. The monoisotopic (exact) mass is 872 g/mol. The summed E-state index contributed by atoms with van der Waals surface area (Å²) < 4.78 is 85.2. The van der Waals surface area contributed by atoms with Crippen LogP contribution >= 0.6 is 0 Å². The van der Waals surface area contributed by atoms with Gasteiger partial charge in [-0.25, -0.2) is 17.2 Å². The molecule has 1 aromatic rings. The smallest absolute Gasteiger partial charge is 0.320 e. The second kappa shape index (κ2) is 24.8. The van der Waals surface area contributed by atoms with E-state index in [9.17, 15) is 80.0 Å². The van der Waals surface area contributed by atoms with Gasteiger partial charge < -0.3 is 30.5 Å². The molecule has 2 amide bonds. The molecular weight excluding hydrogens is 824 g/mol. The first-order valence-electron chi connectivity index (χ1n) is 18.3. The van der Waals surface area contributed by atoms with E-state index in [1.807, 2.05) is 4.72 Å². The summed E-state index contributed by atoms with van der Waals surface area (Å²) in [5, 5.41) is 40.7. The predicted molar refractivity (Wildman–Crippen MR) is 194 cm³/mol. The van der Waals surface area contributed by atoms with E-state index in [-0.39, 0.29) is 104 Å². The first-order chi connectivity index (χ1) is 27.7. The van der Waals surface area contributed by atoms with Crippen LogP contribution < -0.4 is 14.8 Å². The van der Waals surface area contributed by atoms with E-state index in [1.54, 1.807) is 0 Å². The zero-order chi connectivity index (χ0) is 44.3. The quantitative estimate of drug-likeness (QED) is 0.0278. The first-order valence-corrected chi connectivity index (χ1v) is 20.0. The number of ether oxygens (including phenoxy) is 1. The van der Waals surface area contributed by atoms with Crippen molar-refractivity contribution in [2.75, 3.05) is 84.3 Å². The molecule has 20 nitrogen and oxygen atoms in total. The number of unbranched alkanes of at least 4 members (excludes halogenated alkanes) is 1. The van der Waals surface area contributed by atoms with Gasteiger partial charge in [-0.15, -0.1) is 0 Å². The van der Waals surface area contributed by atoms with Gasteiger partial charge in [-0.05, 0) is 25.7 Å². The molecule has 25 heteroatoms. The molecular formula is C34H48F4N6O14S. The number of carboxylic acid groups (broad SMARTS) is 4. The molecule has 0 bridgehead atoms. The van der Waals surface area contributed by atoms with Gasteiger partial charge in [0.1, 0.15) is 6.04 Å². The molecule has 0 spiro atoms. The second-order valence-corrected chi connectivity index (χ2v) is 15.3. The summed E-state index contributed by atoms with van der Waals surface area (Å²) >= 11 is 0. The maximum Gasteiger partial charge on any atom is 0.320 e. The molecule has 332 valence electrons. The van der Waals surface area contributed by atoms with Crippen LogP contribution in [0.4, 0.5) is 17.6 Å². The van der Waals surface area contributed by atoms with Crippen molar-refractivity contribution in [3.63, 3.8) is 0 Å². The highest BCUT2D eigenvalue weighted by Gasteiger charge is 2.29. The lowest BCUT2D eigenvalue weighted by molar-refractivity contribution is -0.145. The van der Waals surface area contributed by atoms with Crippen molar-refractivity contribution < 1.29 is 84.7 Å². The fourth-order valence-electron chi connectivity index (χ4n) is 5.86. The van der Waals surface area contributed by atoms with Gasteiger partial charge in [0.2, 0.25) is 39.2 Å². The molecule has 1 aliphatic rings. The normalized spacial score (nSPS) is 15.9. The molecule has 0 radical (unpaired) electrons. The van der Waals surface area contributed by atoms with E-state index >= 15 is 0 Å². The summed E-state index contributed by atoms with van der Waals surface area (Å²) in [6.07, 6.45) is -1.66. The number of nitrogens with zero attached hydrogens (tertiary/aromatic N) is 4. The summed E-state index contributed by atoms with van der Waals surface area (Å²) in [6.45, 7) is -1.09. The minimum absolute atomic E-state index is 0.00750. The van der Waals surface area contributed by atoms with Gasteiger partial charge in [0, 0.05) is 84.2 Å². The lowest BCUT2D eigenvalue weighted by Gasteiger charge is -2.35. The molecule has 1 fully saturated rings. The first kappa shape index (κ1) is 50.2. The Kier molecular flexibility index (Phi) is 21.1. The maximum absolute atomic E-state index is 13.7. The summed E-state index contributed by atoms with van der Waals surface area (Å²) in [6, 6.07) is -1.43. The lowest BCUT2D eigenvalue weighted by Crippen LogP contribution is -2.52. The molecule has 59 heavy (non-hydrogen) atoms. The minimum atomic E-state index is -4.25. The van der Waals surface area contributed by atoms with Crippen LogP contribution in [-0.2, 0) is 43.6 Å². The maximum atomic E-state index is 13.7. The van der Waals surface area contributed by atoms with Crippen LogP contribution in [0.15, 0.2) is 6.07 Å². The summed E-state index contributed by atoms with van der Waals surface area (Å²) in [7, 11) is -4.25. The largest absolute Gasteiger partial charge is 0.480 e. The number of carbonyl (C=O) groups is 7. The van der Waals surface area contributed by atoms with Crippen molar-refractivity contribution in [2.45, 2.75) is 51.0 Å². The molecule has 1 unspecified atom stereocenters. The molecule has 1 saturated heterocycles. The van der Waals surface area contributed by atoms with Crippen LogP contribution in [0.2, 0.25) is 0 Å². The Morgan fingerprint density at radius 3 is 1.58 bits per heavy atom. The van der Waals surface area contributed by atoms with Gasteiger partial charge in [0.05, 0.1) is 25.4 Å². The zero-order valence-electron chi connectivity index (χ0n) is 31.9. The topological polar surface area (TPSA) is 281 Å². The molecule has 1 heterocycles. The third kappa shape index (κ3) is 19.6. The Labute approximate surface area is 336 Å². The van der Waals surface area contributed by atoms with Crippen LogP contribution in [0, 0.1) is 23.3 Å². The molecule has 1 aromatic carbocycles. The highest BCUT2D eigenvalue weighted by molar-refractivity contribution is 7.90. The van der Waals surface area contributed by atoms with Gasteiger partial charge >= 0.3 is 29.8 Å². The number of aliphatic carboxylic acids is 4. The van der Waals surface area contributed by atoms with Gasteiger partial charge in [0.25, 0.3) is 0 Å². The van der Waals surface area contributed by atoms with Crippen molar-refractivity contribution in [1.82, 2.24) is 29.6 Å². The Morgan fingerprint density at radius 1 is 0.661 bits per heavy atom. The predicted octanol–water partition coefficient (Wildman–Crippen LogP) is -0.630. The highest BCUT2D eigenvalue weighted by Crippen LogP contribution is 2.27. The molecule has 1 atom stereocenters.